The van der Waals surface area contributed by atoms with Crippen LogP contribution in [0.4, 0.5) is 0 Å². The first-order valence-corrected chi connectivity index (χ1v) is 6.17. The first kappa shape index (κ1) is 8.75. The number of hydrogen-bond donors (Lipinski definition) is 0. The summed E-state index contributed by atoms with van der Waals surface area (Å²) in [7, 11) is 0. The average molecular weight is 193 g/mol. The molecule has 3 fully saturated rings. The molecule has 14 heavy (non-hydrogen) atoms. The van der Waals surface area contributed by atoms with Crippen molar-refractivity contribution < 1.29 is 4.79 Å². The van der Waals surface area contributed by atoms with Gasteiger partial charge in [-0.05, 0) is 44.4 Å². The molecule has 0 radical (unpaired) electrons. The summed E-state index contributed by atoms with van der Waals surface area (Å²) in [5.74, 6) is 1.77. The largest absolute Gasteiger partial charge is 0.339 e. The third-order valence-corrected chi connectivity index (χ3v) is 4.20. The molecule has 1 heterocycles. The van der Waals surface area contributed by atoms with Gasteiger partial charge in [-0.2, -0.15) is 0 Å². The maximum Gasteiger partial charge on any atom is 0.225 e. The highest BCUT2D eigenvalue weighted by Gasteiger charge is 2.41. The molecule has 3 rings (SSSR count). The van der Waals surface area contributed by atoms with Crippen LogP contribution in [-0.4, -0.2) is 23.4 Å². The summed E-state index contributed by atoms with van der Waals surface area (Å²) < 4.78 is 0. The zero-order valence-electron chi connectivity index (χ0n) is 8.74. The Kier molecular flexibility index (Phi) is 2.03. The molecule has 2 aliphatic carbocycles. The van der Waals surface area contributed by atoms with Gasteiger partial charge in [-0.25, -0.2) is 0 Å². The van der Waals surface area contributed by atoms with Crippen molar-refractivity contribution in [1.82, 2.24) is 4.90 Å². The molecule has 0 bridgehead atoms. The minimum atomic E-state index is 0.427. The smallest absolute Gasteiger partial charge is 0.225 e. The summed E-state index contributed by atoms with van der Waals surface area (Å²) in [5.41, 5.74) is 0. The molecule has 2 saturated carbocycles. The van der Waals surface area contributed by atoms with E-state index in [2.05, 4.69) is 4.90 Å². The highest BCUT2D eigenvalue weighted by molar-refractivity contribution is 5.81. The summed E-state index contributed by atoms with van der Waals surface area (Å²) >= 11 is 0. The molecule has 0 aromatic carbocycles. The predicted molar refractivity (Wildman–Crippen MR) is 54.8 cm³/mol. The van der Waals surface area contributed by atoms with Gasteiger partial charge in [0, 0.05) is 18.5 Å². The van der Waals surface area contributed by atoms with Crippen molar-refractivity contribution in [2.75, 3.05) is 6.54 Å². The molecule has 1 saturated heterocycles. The Labute approximate surface area is 85.7 Å². The van der Waals surface area contributed by atoms with Gasteiger partial charge in [-0.3, -0.25) is 4.79 Å². The van der Waals surface area contributed by atoms with Crippen LogP contribution in [0.1, 0.15) is 44.9 Å². The number of likely N-dealkylation sites (tertiary alicyclic amines) is 1. The molecule has 1 atom stereocenters. The fourth-order valence-electron chi connectivity index (χ4n) is 2.95. The molecule has 0 aromatic heterocycles. The molecule has 0 aromatic rings. The second kappa shape index (κ2) is 3.25. The van der Waals surface area contributed by atoms with E-state index in [-0.39, 0.29) is 0 Å². The normalized spacial score (nSPS) is 33.1. The topological polar surface area (TPSA) is 20.3 Å². The minimum absolute atomic E-state index is 0.427. The van der Waals surface area contributed by atoms with E-state index in [9.17, 15) is 4.79 Å². The lowest BCUT2D eigenvalue weighted by molar-refractivity contribution is -0.134. The van der Waals surface area contributed by atoms with Gasteiger partial charge in [-0.15, -0.1) is 0 Å². The van der Waals surface area contributed by atoms with Crippen LogP contribution in [0, 0.1) is 11.8 Å². The SMILES string of the molecule is O=C(C1CC1)N1CCCC1C1CCC1. The Bertz CT molecular complexity index is 243. The van der Waals surface area contributed by atoms with Crippen molar-refractivity contribution >= 4 is 5.91 Å². The first-order chi connectivity index (χ1) is 6.86. The van der Waals surface area contributed by atoms with Crippen LogP contribution in [0.3, 0.4) is 0 Å². The lowest BCUT2D eigenvalue weighted by atomic mass is 9.79. The molecule has 2 heteroatoms. The van der Waals surface area contributed by atoms with Crippen LogP contribution >= 0.6 is 0 Å². The number of carbonyl (C=O) groups is 1. The van der Waals surface area contributed by atoms with Gasteiger partial charge in [0.25, 0.3) is 0 Å². The standard InChI is InChI=1S/C12H19NO/c14-12(10-6-7-10)13-8-2-5-11(13)9-3-1-4-9/h9-11H,1-8H2. The molecular formula is C12H19NO. The molecule has 3 aliphatic rings. The van der Waals surface area contributed by atoms with Crippen LogP contribution in [0.2, 0.25) is 0 Å². The molecule has 0 spiro atoms. The Morgan fingerprint density at radius 2 is 1.79 bits per heavy atom. The molecule has 1 aliphatic heterocycles. The minimum Gasteiger partial charge on any atom is -0.339 e. The number of rotatable bonds is 2. The predicted octanol–water partition coefficient (Wildman–Crippen LogP) is 2.19. The van der Waals surface area contributed by atoms with Crippen molar-refractivity contribution in [1.29, 1.82) is 0 Å². The van der Waals surface area contributed by atoms with E-state index in [1.165, 1.54) is 32.1 Å². The molecular weight excluding hydrogens is 174 g/mol. The van der Waals surface area contributed by atoms with Gasteiger partial charge in [0.05, 0.1) is 0 Å². The van der Waals surface area contributed by atoms with Crippen molar-refractivity contribution in [3.05, 3.63) is 0 Å². The fraction of sp³-hybridized carbons (Fsp3) is 0.917. The fourth-order valence-corrected chi connectivity index (χ4v) is 2.95. The van der Waals surface area contributed by atoms with E-state index in [4.69, 9.17) is 0 Å². The van der Waals surface area contributed by atoms with Gasteiger partial charge in [-0.1, -0.05) is 6.42 Å². The molecule has 0 N–H and O–H groups in total. The Morgan fingerprint density at radius 1 is 1.00 bits per heavy atom. The molecule has 2 nitrogen and oxygen atoms in total. The van der Waals surface area contributed by atoms with E-state index in [1.54, 1.807) is 0 Å². The van der Waals surface area contributed by atoms with Gasteiger partial charge < -0.3 is 4.90 Å². The van der Waals surface area contributed by atoms with Crippen molar-refractivity contribution in [3.63, 3.8) is 0 Å². The van der Waals surface area contributed by atoms with Crippen LogP contribution in [0.5, 0.6) is 0 Å². The Hall–Kier alpha value is -0.530. The zero-order valence-corrected chi connectivity index (χ0v) is 8.74. The summed E-state index contributed by atoms with van der Waals surface area (Å²) in [6, 6.07) is 0.636. The van der Waals surface area contributed by atoms with E-state index in [0.717, 1.165) is 25.3 Å². The maximum atomic E-state index is 12.0. The monoisotopic (exact) mass is 193 g/mol. The van der Waals surface area contributed by atoms with Gasteiger partial charge in [0.1, 0.15) is 0 Å². The van der Waals surface area contributed by atoms with Crippen molar-refractivity contribution in [2.24, 2.45) is 11.8 Å². The second-order valence-corrected chi connectivity index (χ2v) is 5.21. The quantitative estimate of drug-likeness (QED) is 0.658. The zero-order chi connectivity index (χ0) is 9.54. The molecule has 78 valence electrons. The average Bonchev–Trinajstić information content (AvgIpc) is 2.83. The molecule has 1 amide bonds. The van der Waals surface area contributed by atoms with E-state index in [1.807, 2.05) is 0 Å². The van der Waals surface area contributed by atoms with Gasteiger partial charge in [0.15, 0.2) is 0 Å². The van der Waals surface area contributed by atoms with Crippen molar-refractivity contribution in [3.8, 4) is 0 Å². The lowest BCUT2D eigenvalue weighted by Crippen LogP contribution is -2.43. The lowest BCUT2D eigenvalue weighted by Gasteiger charge is -2.37. The van der Waals surface area contributed by atoms with Crippen LogP contribution in [0.25, 0.3) is 0 Å². The Balaban J connectivity index is 1.67. The van der Waals surface area contributed by atoms with Gasteiger partial charge >= 0.3 is 0 Å². The summed E-state index contributed by atoms with van der Waals surface area (Å²) in [6.07, 6.45) is 8.99. The Morgan fingerprint density at radius 3 is 2.36 bits per heavy atom. The third kappa shape index (κ3) is 1.35. The maximum absolute atomic E-state index is 12.0. The number of carbonyl (C=O) groups excluding carboxylic acids is 1. The van der Waals surface area contributed by atoms with Crippen molar-refractivity contribution in [2.45, 2.75) is 51.0 Å². The van der Waals surface area contributed by atoms with Gasteiger partial charge in [0.2, 0.25) is 5.91 Å². The van der Waals surface area contributed by atoms with Crippen LogP contribution in [-0.2, 0) is 4.79 Å². The van der Waals surface area contributed by atoms with E-state index < -0.39 is 0 Å². The number of nitrogens with zero attached hydrogens (tertiary/aromatic N) is 1. The van der Waals surface area contributed by atoms with Crippen LogP contribution in [0.15, 0.2) is 0 Å². The van der Waals surface area contributed by atoms with Crippen LogP contribution < -0.4 is 0 Å². The first-order valence-electron chi connectivity index (χ1n) is 6.17. The number of hydrogen-bond acceptors (Lipinski definition) is 1. The number of amides is 1. The summed E-state index contributed by atoms with van der Waals surface area (Å²) in [5, 5.41) is 0. The third-order valence-electron chi connectivity index (χ3n) is 4.20. The highest BCUT2D eigenvalue weighted by atomic mass is 16.2. The highest BCUT2D eigenvalue weighted by Crippen LogP contribution is 2.40. The second-order valence-electron chi connectivity index (χ2n) is 5.21. The summed E-state index contributed by atoms with van der Waals surface area (Å²) in [4.78, 5) is 14.2. The van der Waals surface area contributed by atoms with E-state index >= 15 is 0 Å². The summed E-state index contributed by atoms with van der Waals surface area (Å²) in [6.45, 7) is 1.05. The van der Waals surface area contributed by atoms with E-state index in [0.29, 0.717) is 17.9 Å². The molecule has 1 unspecified atom stereocenters.